The van der Waals surface area contributed by atoms with Gasteiger partial charge in [0, 0.05) is 6.20 Å². The van der Waals surface area contributed by atoms with Gasteiger partial charge in [0.05, 0.1) is 18.2 Å². The minimum atomic E-state index is -4.55. The minimum absolute atomic E-state index is 0.103. The molecule has 30 heavy (non-hydrogen) atoms. The number of alkyl carbamates (subject to hydrolysis) is 1. The van der Waals surface area contributed by atoms with Crippen molar-refractivity contribution in [2.24, 2.45) is 0 Å². The highest BCUT2D eigenvalue weighted by Gasteiger charge is 2.47. The molecule has 0 unspecified atom stereocenters. The Morgan fingerprint density at radius 3 is 2.50 bits per heavy atom. The highest BCUT2D eigenvalue weighted by Crippen LogP contribution is 2.45. The Hall–Kier alpha value is -3.18. The molecule has 3 rings (SSSR count). The Morgan fingerprint density at radius 1 is 1.27 bits per heavy atom. The summed E-state index contributed by atoms with van der Waals surface area (Å²) in [6.07, 6.45) is -2.46. The minimum Gasteiger partial charge on any atom is -0.460 e. The quantitative estimate of drug-likeness (QED) is 0.676. The molecule has 0 spiro atoms. The van der Waals surface area contributed by atoms with E-state index in [1.54, 1.807) is 13.8 Å². The molecule has 1 amide bonds. The normalized spacial score (nSPS) is 16.1. The number of esters is 1. The molecule has 0 aromatic carbocycles. The Kier molecular flexibility index (Phi) is 5.94. The summed E-state index contributed by atoms with van der Waals surface area (Å²) in [5.74, 6) is -0.753. The fraction of sp³-hybridized carbons (Fsp3) is 0.500. The number of carbonyl (C=O) groups is 2. The third kappa shape index (κ3) is 5.24. The predicted molar refractivity (Wildman–Crippen MR) is 94.8 cm³/mol. The van der Waals surface area contributed by atoms with Gasteiger partial charge >= 0.3 is 18.2 Å². The van der Waals surface area contributed by atoms with E-state index in [0.717, 1.165) is 12.3 Å². The first-order valence-electron chi connectivity index (χ1n) is 9.14. The predicted octanol–water partition coefficient (Wildman–Crippen LogP) is 2.43. The maximum Gasteiger partial charge on any atom is 0.433 e. The molecule has 1 N–H and O–H groups in total. The number of alkyl halides is 3. The van der Waals surface area contributed by atoms with Crippen molar-refractivity contribution in [3.05, 3.63) is 42.2 Å². The van der Waals surface area contributed by atoms with Crippen LogP contribution in [0.5, 0.6) is 0 Å². The largest absolute Gasteiger partial charge is 0.460 e. The van der Waals surface area contributed by atoms with E-state index in [-0.39, 0.29) is 6.54 Å². The van der Waals surface area contributed by atoms with Gasteiger partial charge in [-0.15, -0.1) is 0 Å². The van der Waals surface area contributed by atoms with Crippen LogP contribution in [-0.4, -0.2) is 44.0 Å². The van der Waals surface area contributed by atoms with Gasteiger partial charge in [-0.2, -0.15) is 18.3 Å². The molecule has 0 radical (unpaired) electrons. The lowest BCUT2D eigenvalue weighted by molar-refractivity contribution is -0.158. The van der Waals surface area contributed by atoms with Crippen molar-refractivity contribution in [1.82, 2.24) is 25.1 Å². The number of nitrogens with one attached hydrogen (secondary N) is 1. The molecule has 2 aromatic rings. The van der Waals surface area contributed by atoms with E-state index in [4.69, 9.17) is 9.47 Å². The van der Waals surface area contributed by atoms with Gasteiger partial charge in [0.25, 0.3) is 0 Å². The SMILES string of the molecule is CC(C)OC(=O)[C@@H](Cn1cncn1)OC(=O)NC1(c2ccc(C(F)(F)F)nc2)CC1. The second-order valence-corrected chi connectivity index (χ2v) is 7.13. The summed E-state index contributed by atoms with van der Waals surface area (Å²) in [6, 6.07) is 2.12. The van der Waals surface area contributed by atoms with Crippen LogP contribution in [0.25, 0.3) is 0 Å². The third-order valence-corrected chi connectivity index (χ3v) is 4.38. The molecule has 12 heteroatoms. The van der Waals surface area contributed by atoms with E-state index in [0.29, 0.717) is 18.4 Å². The molecule has 1 atom stereocenters. The number of ether oxygens (including phenoxy) is 2. The number of aromatic nitrogens is 4. The number of nitrogens with zero attached hydrogens (tertiary/aromatic N) is 4. The second-order valence-electron chi connectivity index (χ2n) is 7.13. The number of rotatable bonds is 7. The Labute approximate surface area is 169 Å². The average molecular weight is 427 g/mol. The molecule has 1 saturated carbocycles. The van der Waals surface area contributed by atoms with Crippen LogP contribution >= 0.6 is 0 Å². The maximum atomic E-state index is 12.7. The number of halogens is 3. The zero-order valence-electron chi connectivity index (χ0n) is 16.2. The van der Waals surface area contributed by atoms with E-state index < -0.39 is 41.7 Å². The molecule has 9 nitrogen and oxygen atoms in total. The first kappa shape index (κ1) is 21.5. The molecule has 0 bridgehead atoms. The molecule has 1 aliphatic rings. The summed E-state index contributed by atoms with van der Waals surface area (Å²) in [7, 11) is 0. The summed E-state index contributed by atoms with van der Waals surface area (Å²) in [6.45, 7) is 3.20. The van der Waals surface area contributed by atoms with Crippen LogP contribution in [0.15, 0.2) is 31.0 Å². The number of hydrogen-bond acceptors (Lipinski definition) is 7. The lowest BCUT2D eigenvalue weighted by atomic mass is 10.1. The molecule has 1 fully saturated rings. The van der Waals surface area contributed by atoms with Crippen LogP contribution in [-0.2, 0) is 32.5 Å². The average Bonchev–Trinajstić information content (AvgIpc) is 3.24. The van der Waals surface area contributed by atoms with Gasteiger partial charge in [-0.25, -0.2) is 19.3 Å². The molecular weight excluding hydrogens is 407 g/mol. The molecule has 0 aliphatic heterocycles. The van der Waals surface area contributed by atoms with Gasteiger partial charge in [-0.3, -0.25) is 4.98 Å². The first-order valence-corrected chi connectivity index (χ1v) is 9.14. The Balaban J connectivity index is 1.67. The van der Waals surface area contributed by atoms with Crippen molar-refractivity contribution in [3.63, 3.8) is 0 Å². The highest BCUT2D eigenvalue weighted by molar-refractivity contribution is 5.79. The molecule has 2 heterocycles. The smallest absolute Gasteiger partial charge is 0.433 e. The fourth-order valence-electron chi connectivity index (χ4n) is 2.77. The van der Waals surface area contributed by atoms with Crippen molar-refractivity contribution < 1.29 is 32.2 Å². The van der Waals surface area contributed by atoms with E-state index in [2.05, 4.69) is 20.4 Å². The first-order chi connectivity index (χ1) is 14.1. The van der Waals surface area contributed by atoms with E-state index in [1.165, 1.54) is 23.4 Å². The maximum absolute atomic E-state index is 12.7. The van der Waals surface area contributed by atoms with Crippen LogP contribution in [0.4, 0.5) is 18.0 Å². The standard InChI is InChI=1S/C18H20F3N5O4/c1-11(2)29-15(27)13(8-26-10-22-9-24-26)30-16(28)25-17(5-6-17)12-3-4-14(23-7-12)18(19,20)21/h3-4,7,9-11,13H,5-6,8H2,1-2H3,(H,25,28)/t13-/m1/s1. The van der Waals surface area contributed by atoms with Crippen molar-refractivity contribution >= 4 is 12.1 Å². The third-order valence-electron chi connectivity index (χ3n) is 4.38. The van der Waals surface area contributed by atoms with E-state index >= 15 is 0 Å². The highest BCUT2D eigenvalue weighted by atomic mass is 19.4. The molecular formula is C18H20F3N5O4. The topological polar surface area (TPSA) is 108 Å². The van der Waals surface area contributed by atoms with Gasteiger partial charge in [0.1, 0.15) is 18.3 Å². The molecule has 0 saturated heterocycles. The zero-order chi connectivity index (χ0) is 21.9. The van der Waals surface area contributed by atoms with Crippen LogP contribution in [0, 0.1) is 0 Å². The second kappa shape index (κ2) is 8.28. The van der Waals surface area contributed by atoms with Gasteiger partial charge < -0.3 is 14.8 Å². The van der Waals surface area contributed by atoms with E-state index in [9.17, 15) is 22.8 Å². The Morgan fingerprint density at radius 2 is 2.00 bits per heavy atom. The Bertz CT molecular complexity index is 880. The number of amides is 1. The summed E-state index contributed by atoms with van der Waals surface area (Å²) < 4.78 is 49.8. The zero-order valence-corrected chi connectivity index (χ0v) is 16.2. The van der Waals surface area contributed by atoms with Crippen LogP contribution in [0.1, 0.15) is 37.9 Å². The number of carbonyl (C=O) groups excluding carboxylic acids is 2. The van der Waals surface area contributed by atoms with E-state index in [1.807, 2.05) is 0 Å². The summed E-state index contributed by atoms with van der Waals surface area (Å²) in [5, 5.41) is 6.50. The molecule has 162 valence electrons. The van der Waals surface area contributed by atoms with Crippen LogP contribution < -0.4 is 5.32 Å². The van der Waals surface area contributed by atoms with Crippen molar-refractivity contribution in [3.8, 4) is 0 Å². The van der Waals surface area contributed by atoms with Crippen molar-refractivity contribution in [1.29, 1.82) is 0 Å². The lowest BCUT2D eigenvalue weighted by Gasteiger charge is -2.22. The van der Waals surface area contributed by atoms with Gasteiger partial charge in [0.2, 0.25) is 6.10 Å². The summed E-state index contributed by atoms with van der Waals surface area (Å²) in [5.41, 5.74) is -1.48. The molecule has 1 aliphatic carbocycles. The van der Waals surface area contributed by atoms with Gasteiger partial charge in [0.15, 0.2) is 0 Å². The van der Waals surface area contributed by atoms with Crippen LogP contribution in [0.2, 0.25) is 0 Å². The van der Waals surface area contributed by atoms with Crippen molar-refractivity contribution in [2.45, 2.75) is 57.2 Å². The fourth-order valence-corrected chi connectivity index (χ4v) is 2.77. The lowest BCUT2D eigenvalue weighted by Crippen LogP contribution is -2.41. The summed E-state index contributed by atoms with van der Waals surface area (Å²) in [4.78, 5) is 31.9. The number of pyridine rings is 1. The van der Waals surface area contributed by atoms with Gasteiger partial charge in [-0.05, 0) is 38.3 Å². The monoisotopic (exact) mass is 427 g/mol. The molecule has 2 aromatic heterocycles. The van der Waals surface area contributed by atoms with Crippen LogP contribution in [0.3, 0.4) is 0 Å². The number of hydrogen-bond donors (Lipinski definition) is 1. The summed E-state index contributed by atoms with van der Waals surface area (Å²) >= 11 is 0. The van der Waals surface area contributed by atoms with Gasteiger partial charge in [-0.1, -0.05) is 6.07 Å². The van der Waals surface area contributed by atoms with Crippen molar-refractivity contribution in [2.75, 3.05) is 0 Å².